The Morgan fingerprint density at radius 2 is 2.32 bits per heavy atom. The molecule has 0 fully saturated rings. The number of nitrogens with zero attached hydrogens (tertiary/aromatic N) is 1. The van der Waals surface area contributed by atoms with Gasteiger partial charge >= 0.3 is 0 Å². The second-order valence-electron chi connectivity index (χ2n) is 4.39. The molecule has 0 saturated heterocycles. The Morgan fingerprint density at radius 3 is 3.05 bits per heavy atom. The number of nitrogens with one attached hydrogen (secondary N) is 1. The molecule has 1 heterocycles. The topological polar surface area (TPSA) is 50.9 Å². The minimum atomic E-state index is 0.295. The van der Waals surface area contributed by atoms with Crippen molar-refractivity contribution in [3.8, 4) is 0 Å². The van der Waals surface area contributed by atoms with Crippen LogP contribution >= 0.6 is 27.7 Å². The number of hydrogen-bond donors (Lipinski definition) is 2. The molecule has 5 heteroatoms. The molecule has 3 N–H and O–H groups in total. The van der Waals surface area contributed by atoms with Crippen molar-refractivity contribution in [3.05, 3.63) is 34.9 Å². The maximum Gasteiger partial charge on any atom is 0.0934 e. The van der Waals surface area contributed by atoms with Crippen molar-refractivity contribution in [2.24, 2.45) is 5.73 Å². The van der Waals surface area contributed by atoms with Gasteiger partial charge in [0.05, 0.1) is 11.2 Å². The van der Waals surface area contributed by atoms with Crippen LogP contribution in [0.1, 0.15) is 6.42 Å². The van der Waals surface area contributed by atoms with Gasteiger partial charge in [-0.1, -0.05) is 12.1 Å². The summed E-state index contributed by atoms with van der Waals surface area (Å²) >= 11 is 5.29. The van der Waals surface area contributed by atoms with Crippen LogP contribution in [0.3, 0.4) is 0 Å². The SMILES string of the molecule is CSCCC(CN)Nc1cccc2cc(Br)cnc12. The predicted molar refractivity (Wildman–Crippen MR) is 88.9 cm³/mol. The van der Waals surface area contributed by atoms with Crippen LogP contribution in [0.15, 0.2) is 34.9 Å². The Labute approximate surface area is 126 Å². The molecule has 3 nitrogen and oxygen atoms in total. The maximum atomic E-state index is 5.83. The van der Waals surface area contributed by atoms with E-state index in [0.717, 1.165) is 33.2 Å². The molecule has 1 aromatic heterocycles. The number of aromatic nitrogens is 1. The molecule has 1 aromatic carbocycles. The first-order valence-corrected chi connectivity index (χ1v) is 8.43. The van der Waals surface area contributed by atoms with Crippen LogP contribution in [-0.4, -0.2) is 29.6 Å². The van der Waals surface area contributed by atoms with Crippen LogP contribution in [0.5, 0.6) is 0 Å². The van der Waals surface area contributed by atoms with E-state index in [1.54, 1.807) is 0 Å². The van der Waals surface area contributed by atoms with Crippen LogP contribution < -0.4 is 11.1 Å². The molecule has 0 aliphatic rings. The first-order valence-electron chi connectivity index (χ1n) is 6.24. The lowest BCUT2D eigenvalue weighted by Crippen LogP contribution is -2.29. The van der Waals surface area contributed by atoms with E-state index in [1.165, 1.54) is 0 Å². The molecule has 0 radical (unpaired) electrons. The van der Waals surface area contributed by atoms with Gasteiger partial charge in [0, 0.05) is 28.6 Å². The summed E-state index contributed by atoms with van der Waals surface area (Å²) in [4.78, 5) is 4.49. The zero-order chi connectivity index (χ0) is 13.7. The van der Waals surface area contributed by atoms with Gasteiger partial charge in [0.25, 0.3) is 0 Å². The van der Waals surface area contributed by atoms with Gasteiger partial charge in [0.2, 0.25) is 0 Å². The maximum absolute atomic E-state index is 5.83. The number of thioether (sulfide) groups is 1. The lowest BCUT2D eigenvalue weighted by molar-refractivity contribution is 0.710. The summed E-state index contributed by atoms with van der Waals surface area (Å²) in [6.45, 7) is 0.632. The summed E-state index contributed by atoms with van der Waals surface area (Å²) in [5.74, 6) is 1.11. The van der Waals surface area contributed by atoms with Crippen LogP contribution in [-0.2, 0) is 0 Å². The Morgan fingerprint density at radius 1 is 1.47 bits per heavy atom. The van der Waals surface area contributed by atoms with E-state index in [2.05, 4.69) is 50.7 Å². The molecule has 1 atom stereocenters. The van der Waals surface area contributed by atoms with E-state index in [-0.39, 0.29) is 0 Å². The van der Waals surface area contributed by atoms with Crippen molar-refractivity contribution in [3.63, 3.8) is 0 Å². The van der Waals surface area contributed by atoms with Gasteiger partial charge < -0.3 is 11.1 Å². The highest BCUT2D eigenvalue weighted by Crippen LogP contribution is 2.24. The molecule has 102 valence electrons. The Hall–Kier alpha value is -0.780. The van der Waals surface area contributed by atoms with Gasteiger partial charge in [-0.3, -0.25) is 4.98 Å². The van der Waals surface area contributed by atoms with Crippen LogP contribution in [0.2, 0.25) is 0 Å². The molecule has 0 aliphatic carbocycles. The second kappa shape index (κ2) is 7.12. The van der Waals surface area contributed by atoms with Gasteiger partial charge in [-0.05, 0) is 46.5 Å². The number of para-hydroxylation sites is 1. The highest BCUT2D eigenvalue weighted by Gasteiger charge is 2.09. The largest absolute Gasteiger partial charge is 0.379 e. The van der Waals surface area contributed by atoms with Gasteiger partial charge in [-0.2, -0.15) is 11.8 Å². The number of pyridine rings is 1. The molecule has 0 amide bonds. The smallest absolute Gasteiger partial charge is 0.0934 e. The Bertz CT molecular complexity index is 547. The lowest BCUT2D eigenvalue weighted by atomic mass is 10.1. The van der Waals surface area contributed by atoms with Gasteiger partial charge in [0.15, 0.2) is 0 Å². The van der Waals surface area contributed by atoms with Crippen molar-refractivity contribution >= 4 is 44.3 Å². The number of halogens is 1. The summed E-state index contributed by atoms with van der Waals surface area (Å²) in [6.07, 6.45) is 5.00. The van der Waals surface area contributed by atoms with E-state index < -0.39 is 0 Å². The van der Waals surface area contributed by atoms with E-state index >= 15 is 0 Å². The molecule has 0 aliphatic heterocycles. The van der Waals surface area contributed by atoms with Crippen LogP contribution in [0.4, 0.5) is 5.69 Å². The normalized spacial score (nSPS) is 12.6. The van der Waals surface area contributed by atoms with Crippen molar-refractivity contribution in [2.45, 2.75) is 12.5 Å². The van der Waals surface area contributed by atoms with Crippen LogP contribution in [0.25, 0.3) is 10.9 Å². The monoisotopic (exact) mass is 339 g/mol. The number of nitrogens with two attached hydrogens (primary N) is 1. The first-order chi connectivity index (χ1) is 9.24. The fourth-order valence-corrected chi connectivity index (χ4v) is 2.85. The van der Waals surface area contributed by atoms with Gasteiger partial charge in [0.1, 0.15) is 0 Å². The quantitative estimate of drug-likeness (QED) is 0.845. The minimum absolute atomic E-state index is 0.295. The number of anilines is 1. The first kappa shape index (κ1) is 14.6. The average molecular weight is 340 g/mol. The minimum Gasteiger partial charge on any atom is -0.379 e. The lowest BCUT2D eigenvalue weighted by Gasteiger charge is -2.18. The van der Waals surface area contributed by atoms with E-state index in [4.69, 9.17) is 5.73 Å². The molecule has 0 spiro atoms. The fraction of sp³-hybridized carbons (Fsp3) is 0.357. The van der Waals surface area contributed by atoms with E-state index in [0.29, 0.717) is 12.6 Å². The third kappa shape index (κ3) is 3.84. The summed E-state index contributed by atoms with van der Waals surface area (Å²) in [6, 6.07) is 8.54. The molecule has 0 saturated carbocycles. The Balaban J connectivity index is 2.24. The van der Waals surface area contributed by atoms with E-state index in [9.17, 15) is 0 Å². The zero-order valence-electron chi connectivity index (χ0n) is 10.9. The molecule has 2 rings (SSSR count). The predicted octanol–water partition coefficient (Wildman–Crippen LogP) is 3.49. The van der Waals surface area contributed by atoms with Crippen LogP contribution in [0, 0.1) is 0 Å². The summed E-state index contributed by atoms with van der Waals surface area (Å²) in [7, 11) is 0. The Kier molecular flexibility index (Phi) is 5.48. The third-order valence-corrected chi connectivity index (χ3v) is 4.07. The number of benzene rings is 1. The van der Waals surface area contributed by atoms with E-state index in [1.807, 2.05) is 24.0 Å². The van der Waals surface area contributed by atoms with Crippen molar-refractivity contribution in [1.29, 1.82) is 0 Å². The molecule has 0 bridgehead atoms. The zero-order valence-corrected chi connectivity index (χ0v) is 13.3. The van der Waals surface area contributed by atoms with Crippen molar-refractivity contribution < 1.29 is 0 Å². The molecule has 2 aromatic rings. The summed E-state index contributed by atoms with van der Waals surface area (Å²) in [5.41, 5.74) is 7.88. The molecular formula is C14H18BrN3S. The molecule has 19 heavy (non-hydrogen) atoms. The summed E-state index contributed by atoms with van der Waals surface area (Å²) in [5, 5.41) is 4.63. The number of hydrogen-bond acceptors (Lipinski definition) is 4. The molecular weight excluding hydrogens is 322 g/mol. The molecule has 1 unspecified atom stereocenters. The number of rotatable bonds is 6. The third-order valence-electron chi connectivity index (χ3n) is 2.99. The standard InChI is InChI=1S/C14H18BrN3S/c1-19-6-5-12(8-16)18-13-4-2-3-10-7-11(15)9-17-14(10)13/h2-4,7,9,12,18H,5-6,8,16H2,1H3. The highest BCUT2D eigenvalue weighted by atomic mass is 79.9. The van der Waals surface area contributed by atoms with Gasteiger partial charge in [-0.15, -0.1) is 0 Å². The number of fused-ring (bicyclic) bond motifs is 1. The fourth-order valence-electron chi connectivity index (χ4n) is 1.98. The summed E-state index contributed by atoms with van der Waals surface area (Å²) < 4.78 is 0.995. The van der Waals surface area contributed by atoms with Crippen molar-refractivity contribution in [2.75, 3.05) is 23.9 Å². The van der Waals surface area contributed by atoms with Gasteiger partial charge in [-0.25, -0.2) is 0 Å². The second-order valence-corrected chi connectivity index (χ2v) is 6.29. The average Bonchev–Trinajstić information content (AvgIpc) is 2.43. The van der Waals surface area contributed by atoms with Crippen molar-refractivity contribution in [1.82, 2.24) is 4.98 Å². The highest BCUT2D eigenvalue weighted by molar-refractivity contribution is 9.10.